The van der Waals surface area contributed by atoms with Crippen LogP contribution in [0.15, 0.2) is 128 Å². The standard InChI is InChI=1S/C39H39N2O6P/c1-4-25-47-39(46)38(48(30-15-9-6-10-16-30,31-17-11-7-12-18-31)32-19-13-8-14-20-32)41-33(35(27(3)42)37(41)45)26-34(43)28-21-23-29(24-22-28)36(44)40-5-2/h4,6-24,27,33,35,42H,1,5,25-26H2,2-3H3,(H,40,44). The highest BCUT2D eigenvalue weighted by Crippen LogP contribution is 2.50. The summed E-state index contributed by atoms with van der Waals surface area (Å²) in [7, 11) is 0. The van der Waals surface area contributed by atoms with Crippen molar-refractivity contribution in [2.24, 2.45) is 5.92 Å². The summed E-state index contributed by atoms with van der Waals surface area (Å²) in [6.45, 7) is 4.25. The number of amides is 2. The predicted molar refractivity (Wildman–Crippen MR) is 191 cm³/mol. The van der Waals surface area contributed by atoms with Gasteiger partial charge in [-0.25, -0.2) is 4.79 Å². The van der Waals surface area contributed by atoms with Crippen LogP contribution in [0.3, 0.4) is 0 Å². The van der Waals surface area contributed by atoms with Gasteiger partial charge in [-0.3, -0.25) is 14.4 Å². The van der Waals surface area contributed by atoms with Crippen molar-refractivity contribution in [3.05, 3.63) is 139 Å². The number of nitrogens with one attached hydrogen (secondary N) is 1. The average Bonchev–Trinajstić information content (AvgIpc) is 3.11. The highest BCUT2D eigenvalue weighted by molar-refractivity contribution is 7.96. The second kappa shape index (κ2) is 15.2. The number of β-lactam (4-membered cyclic amide) rings is 1. The van der Waals surface area contributed by atoms with Crippen molar-refractivity contribution in [3.63, 3.8) is 0 Å². The van der Waals surface area contributed by atoms with Crippen LogP contribution in [0, 0.1) is 5.92 Å². The fourth-order valence-electron chi connectivity index (χ4n) is 6.32. The first-order valence-corrected chi connectivity index (χ1v) is 17.7. The maximum absolute atomic E-state index is 14.5. The zero-order chi connectivity index (χ0) is 34.3. The predicted octanol–water partition coefficient (Wildman–Crippen LogP) is 4.07. The maximum Gasteiger partial charge on any atom is 0.356 e. The molecule has 0 radical (unpaired) electrons. The van der Waals surface area contributed by atoms with E-state index in [9.17, 15) is 24.3 Å². The summed E-state index contributed by atoms with van der Waals surface area (Å²) >= 11 is 0. The third-order valence-corrected chi connectivity index (χ3v) is 12.7. The quantitative estimate of drug-likeness (QED) is 0.0735. The molecule has 0 bridgehead atoms. The molecule has 1 fully saturated rings. The average molecular weight is 663 g/mol. The molecular weight excluding hydrogens is 623 g/mol. The SMILES string of the molecule is C=CCOC(=O)C(N1C(=O)C(C(C)O)C1CC(=O)c1ccc(C(=O)NCC)cc1)=P(c1ccccc1)(c1ccccc1)c1ccccc1. The number of nitrogens with zero attached hydrogens (tertiary/aromatic N) is 1. The number of esters is 1. The van der Waals surface area contributed by atoms with Crippen LogP contribution in [-0.4, -0.2) is 64.3 Å². The number of Topliss-reactive ketones (excluding diaryl/α,β-unsaturated/α-hetero) is 1. The van der Waals surface area contributed by atoms with Crippen molar-refractivity contribution < 1.29 is 29.0 Å². The Kier molecular flexibility index (Phi) is 10.9. The molecule has 246 valence electrons. The van der Waals surface area contributed by atoms with Crippen LogP contribution in [0.5, 0.6) is 0 Å². The van der Waals surface area contributed by atoms with Gasteiger partial charge in [0, 0.05) is 31.0 Å². The number of rotatable bonds is 13. The van der Waals surface area contributed by atoms with Crippen molar-refractivity contribution in [2.45, 2.75) is 32.4 Å². The molecule has 5 rings (SSSR count). The van der Waals surface area contributed by atoms with Crippen molar-refractivity contribution in [3.8, 4) is 0 Å². The summed E-state index contributed by atoms with van der Waals surface area (Å²) in [5.74, 6) is -2.66. The first kappa shape index (κ1) is 34.3. The minimum Gasteiger partial charge on any atom is -0.457 e. The molecule has 9 heteroatoms. The summed E-state index contributed by atoms with van der Waals surface area (Å²) in [6, 6.07) is 34.2. The zero-order valence-corrected chi connectivity index (χ0v) is 27.9. The number of benzene rings is 4. The smallest absolute Gasteiger partial charge is 0.356 e. The Morgan fingerprint density at radius 1 is 0.854 bits per heavy atom. The van der Waals surface area contributed by atoms with Gasteiger partial charge in [0.2, 0.25) is 5.91 Å². The Bertz CT molecular complexity index is 1740. The van der Waals surface area contributed by atoms with Crippen LogP contribution in [0.2, 0.25) is 0 Å². The molecule has 48 heavy (non-hydrogen) atoms. The van der Waals surface area contributed by atoms with Gasteiger partial charge in [0.1, 0.15) is 12.0 Å². The van der Waals surface area contributed by atoms with E-state index in [1.807, 2.05) is 97.9 Å². The van der Waals surface area contributed by atoms with E-state index in [0.717, 1.165) is 15.9 Å². The van der Waals surface area contributed by atoms with Gasteiger partial charge >= 0.3 is 5.97 Å². The Morgan fingerprint density at radius 2 is 1.33 bits per heavy atom. The minimum atomic E-state index is -3.18. The number of ketones is 1. The molecule has 3 unspecified atom stereocenters. The summed E-state index contributed by atoms with van der Waals surface area (Å²) in [6.07, 6.45) is 0.207. The lowest BCUT2D eigenvalue weighted by Crippen LogP contribution is -2.68. The van der Waals surface area contributed by atoms with E-state index in [0.29, 0.717) is 17.7 Å². The van der Waals surface area contributed by atoms with Gasteiger partial charge in [0.15, 0.2) is 5.78 Å². The number of likely N-dealkylation sites (tertiary alicyclic amines) is 1. The fourth-order valence-corrected chi connectivity index (χ4v) is 10.7. The van der Waals surface area contributed by atoms with E-state index in [1.165, 1.54) is 17.9 Å². The fraction of sp³-hybridized carbons (Fsp3) is 0.205. The molecule has 0 aromatic heterocycles. The zero-order valence-electron chi connectivity index (χ0n) is 27.0. The molecule has 2 amide bonds. The van der Waals surface area contributed by atoms with Crippen LogP contribution in [0.1, 0.15) is 41.0 Å². The molecule has 1 saturated heterocycles. The highest BCUT2D eigenvalue weighted by atomic mass is 31.2. The van der Waals surface area contributed by atoms with Gasteiger partial charge in [-0.05, 0) is 41.9 Å². The van der Waals surface area contributed by atoms with E-state index in [1.54, 1.807) is 24.3 Å². The van der Waals surface area contributed by atoms with Gasteiger partial charge < -0.3 is 20.1 Å². The summed E-state index contributed by atoms with van der Waals surface area (Å²) in [4.78, 5) is 56.3. The van der Waals surface area contributed by atoms with Crippen molar-refractivity contribution in [2.75, 3.05) is 13.2 Å². The molecule has 0 saturated carbocycles. The number of aliphatic hydroxyl groups is 1. The van der Waals surface area contributed by atoms with E-state index in [2.05, 4.69) is 11.9 Å². The van der Waals surface area contributed by atoms with Crippen molar-refractivity contribution >= 4 is 51.8 Å². The first-order valence-electron chi connectivity index (χ1n) is 15.9. The van der Waals surface area contributed by atoms with Gasteiger partial charge in [-0.2, -0.15) is 0 Å². The van der Waals surface area contributed by atoms with Gasteiger partial charge in [-0.1, -0.05) is 116 Å². The third kappa shape index (κ3) is 6.55. The molecule has 4 aromatic carbocycles. The number of carbonyl (C=O) groups is 4. The molecule has 2 N–H and O–H groups in total. The maximum atomic E-state index is 14.5. The molecule has 8 nitrogen and oxygen atoms in total. The van der Waals surface area contributed by atoms with Crippen LogP contribution in [-0.2, 0) is 14.3 Å². The van der Waals surface area contributed by atoms with E-state index < -0.39 is 36.8 Å². The lowest BCUT2D eigenvalue weighted by atomic mass is 9.79. The monoisotopic (exact) mass is 662 g/mol. The second-order valence-electron chi connectivity index (χ2n) is 11.5. The largest absolute Gasteiger partial charge is 0.457 e. The molecule has 1 aliphatic heterocycles. The number of ether oxygens (including phenoxy) is 1. The van der Waals surface area contributed by atoms with Crippen LogP contribution in [0.4, 0.5) is 0 Å². The lowest BCUT2D eigenvalue weighted by molar-refractivity contribution is -0.157. The molecular formula is C39H39N2O6P. The van der Waals surface area contributed by atoms with Gasteiger partial charge in [0.05, 0.1) is 18.1 Å². The molecule has 1 aliphatic rings. The van der Waals surface area contributed by atoms with Crippen molar-refractivity contribution in [1.82, 2.24) is 10.2 Å². The Labute approximate surface area is 281 Å². The minimum absolute atomic E-state index is 0.0931. The molecule has 4 aromatic rings. The van der Waals surface area contributed by atoms with E-state index in [4.69, 9.17) is 4.74 Å². The topological polar surface area (TPSA) is 113 Å². The molecule has 0 aliphatic carbocycles. The normalized spacial score (nSPS) is 16.3. The Balaban J connectivity index is 1.76. The second-order valence-corrected chi connectivity index (χ2v) is 14.8. The summed E-state index contributed by atoms with van der Waals surface area (Å²) in [5, 5.41) is 16.0. The van der Waals surface area contributed by atoms with Crippen molar-refractivity contribution in [1.29, 1.82) is 0 Å². The lowest BCUT2D eigenvalue weighted by Gasteiger charge is -2.50. The van der Waals surface area contributed by atoms with E-state index in [-0.39, 0.29) is 30.1 Å². The highest BCUT2D eigenvalue weighted by Gasteiger charge is 2.55. The molecule has 3 atom stereocenters. The number of hydrogen-bond donors (Lipinski definition) is 2. The number of carbonyl (C=O) groups excluding carboxylic acids is 4. The van der Waals surface area contributed by atoms with Gasteiger partial charge in [0.25, 0.3) is 5.91 Å². The number of aliphatic hydroxyl groups excluding tert-OH is 1. The first-order chi connectivity index (χ1) is 23.2. The van der Waals surface area contributed by atoms with Crippen LogP contribution < -0.4 is 21.2 Å². The van der Waals surface area contributed by atoms with E-state index >= 15 is 0 Å². The third-order valence-electron chi connectivity index (χ3n) is 8.48. The molecule has 0 spiro atoms. The van der Waals surface area contributed by atoms with Crippen LogP contribution >= 0.6 is 6.89 Å². The molecule has 1 heterocycles. The summed E-state index contributed by atoms with van der Waals surface area (Å²) < 4.78 is 5.77. The summed E-state index contributed by atoms with van der Waals surface area (Å²) in [5.41, 5.74) is 0.886. The number of hydrogen-bond acceptors (Lipinski definition) is 6. The Morgan fingerprint density at radius 3 is 1.77 bits per heavy atom. The Hall–Kier alpha value is -5.04. The van der Waals surface area contributed by atoms with Gasteiger partial charge in [-0.15, -0.1) is 0 Å². The van der Waals surface area contributed by atoms with Crippen LogP contribution in [0.25, 0.3) is 0 Å².